The van der Waals surface area contributed by atoms with Crippen molar-refractivity contribution in [3.05, 3.63) is 44.2 Å². The molecule has 0 radical (unpaired) electrons. The third-order valence-corrected chi connectivity index (χ3v) is 3.33. The summed E-state index contributed by atoms with van der Waals surface area (Å²) in [5.41, 5.74) is 1.79. The van der Waals surface area contributed by atoms with Crippen LogP contribution in [-0.2, 0) is 0 Å². The molecule has 3 nitrogen and oxygen atoms in total. The standard InChI is InChI=1S/C12H9Br2NO2/c1-7-4-9(17-15-7)3-2-8-5-10(13)12(16)11(14)6-8/h2-6,16H,1H3/b3-2+. The molecule has 0 spiro atoms. The molecule has 0 bridgehead atoms. The van der Waals surface area contributed by atoms with Crippen LogP contribution in [-0.4, -0.2) is 10.3 Å². The Hall–Kier alpha value is -1.07. The number of aryl methyl sites for hydroxylation is 1. The summed E-state index contributed by atoms with van der Waals surface area (Å²) in [4.78, 5) is 0. The number of nitrogens with zero attached hydrogens (tertiary/aromatic N) is 1. The molecule has 17 heavy (non-hydrogen) atoms. The quantitative estimate of drug-likeness (QED) is 0.866. The largest absolute Gasteiger partial charge is 0.506 e. The van der Waals surface area contributed by atoms with Crippen molar-refractivity contribution in [2.45, 2.75) is 6.92 Å². The van der Waals surface area contributed by atoms with Crippen molar-refractivity contribution in [1.82, 2.24) is 5.16 Å². The fourth-order valence-corrected chi connectivity index (χ4v) is 2.54. The molecule has 0 amide bonds. The Morgan fingerprint density at radius 2 is 1.82 bits per heavy atom. The fourth-order valence-electron chi connectivity index (χ4n) is 1.32. The van der Waals surface area contributed by atoms with Gasteiger partial charge in [0, 0.05) is 6.07 Å². The highest BCUT2D eigenvalue weighted by molar-refractivity contribution is 9.11. The Morgan fingerprint density at radius 3 is 2.35 bits per heavy atom. The highest BCUT2D eigenvalue weighted by Gasteiger charge is 2.04. The molecule has 0 aliphatic rings. The molecule has 0 fully saturated rings. The van der Waals surface area contributed by atoms with E-state index in [1.165, 1.54) is 0 Å². The average molecular weight is 359 g/mol. The van der Waals surface area contributed by atoms with Crippen LogP contribution in [0.5, 0.6) is 5.75 Å². The molecular weight excluding hydrogens is 350 g/mol. The summed E-state index contributed by atoms with van der Waals surface area (Å²) >= 11 is 6.56. The molecular formula is C12H9Br2NO2. The highest BCUT2D eigenvalue weighted by Crippen LogP contribution is 2.33. The lowest BCUT2D eigenvalue weighted by Gasteiger charge is -2.01. The zero-order valence-corrected chi connectivity index (χ0v) is 12.1. The molecule has 1 heterocycles. The van der Waals surface area contributed by atoms with E-state index in [1.54, 1.807) is 0 Å². The van der Waals surface area contributed by atoms with Crippen LogP contribution in [0.1, 0.15) is 17.0 Å². The van der Waals surface area contributed by atoms with Crippen LogP contribution in [0.2, 0.25) is 0 Å². The van der Waals surface area contributed by atoms with Crippen LogP contribution in [0.15, 0.2) is 31.7 Å². The lowest BCUT2D eigenvalue weighted by atomic mass is 10.2. The van der Waals surface area contributed by atoms with Gasteiger partial charge in [-0.1, -0.05) is 11.2 Å². The average Bonchev–Trinajstić information content (AvgIpc) is 2.69. The Balaban J connectivity index is 2.27. The summed E-state index contributed by atoms with van der Waals surface area (Å²) in [5.74, 6) is 0.889. The zero-order chi connectivity index (χ0) is 12.4. The minimum Gasteiger partial charge on any atom is -0.506 e. The van der Waals surface area contributed by atoms with Crippen LogP contribution in [0, 0.1) is 6.92 Å². The van der Waals surface area contributed by atoms with Gasteiger partial charge in [0.05, 0.1) is 14.6 Å². The van der Waals surface area contributed by atoms with Crippen LogP contribution in [0.25, 0.3) is 12.2 Å². The molecule has 0 atom stereocenters. The first-order valence-electron chi connectivity index (χ1n) is 4.85. The van der Waals surface area contributed by atoms with Gasteiger partial charge in [0.2, 0.25) is 0 Å². The van der Waals surface area contributed by atoms with Crippen molar-refractivity contribution < 1.29 is 9.63 Å². The van der Waals surface area contributed by atoms with E-state index in [2.05, 4.69) is 37.0 Å². The first-order valence-corrected chi connectivity index (χ1v) is 6.44. The van der Waals surface area contributed by atoms with Crippen molar-refractivity contribution in [2.24, 2.45) is 0 Å². The van der Waals surface area contributed by atoms with E-state index in [1.807, 2.05) is 37.3 Å². The molecule has 1 aromatic heterocycles. The second-order valence-electron chi connectivity index (χ2n) is 3.54. The number of aromatic hydroxyl groups is 1. The van der Waals surface area contributed by atoms with Gasteiger partial charge in [-0.3, -0.25) is 0 Å². The molecule has 88 valence electrons. The van der Waals surface area contributed by atoms with Gasteiger partial charge in [0.1, 0.15) is 5.75 Å². The van der Waals surface area contributed by atoms with E-state index in [0.717, 1.165) is 11.3 Å². The van der Waals surface area contributed by atoms with Gasteiger partial charge in [-0.05, 0) is 62.6 Å². The number of aromatic nitrogens is 1. The zero-order valence-electron chi connectivity index (χ0n) is 8.95. The van der Waals surface area contributed by atoms with Crippen molar-refractivity contribution in [1.29, 1.82) is 0 Å². The monoisotopic (exact) mass is 357 g/mol. The third-order valence-electron chi connectivity index (χ3n) is 2.13. The van der Waals surface area contributed by atoms with Gasteiger partial charge in [0.15, 0.2) is 5.76 Å². The number of phenols is 1. The molecule has 0 unspecified atom stereocenters. The van der Waals surface area contributed by atoms with E-state index in [4.69, 9.17) is 4.52 Å². The molecule has 0 aliphatic carbocycles. The summed E-state index contributed by atoms with van der Waals surface area (Å²) in [6, 6.07) is 5.49. The van der Waals surface area contributed by atoms with E-state index in [9.17, 15) is 5.11 Å². The Labute approximate surface area is 115 Å². The molecule has 0 aliphatic heterocycles. The number of hydrogen-bond donors (Lipinski definition) is 1. The lowest BCUT2D eigenvalue weighted by Crippen LogP contribution is -1.76. The van der Waals surface area contributed by atoms with Crippen molar-refractivity contribution in [2.75, 3.05) is 0 Å². The summed E-state index contributed by atoms with van der Waals surface area (Å²) in [6.07, 6.45) is 3.71. The van der Waals surface area contributed by atoms with Crippen LogP contribution < -0.4 is 0 Å². The van der Waals surface area contributed by atoms with Gasteiger partial charge in [0.25, 0.3) is 0 Å². The van der Waals surface area contributed by atoms with Gasteiger partial charge < -0.3 is 9.63 Å². The number of phenolic OH excluding ortho intramolecular Hbond substituents is 1. The summed E-state index contributed by atoms with van der Waals surface area (Å²) in [6.45, 7) is 1.87. The van der Waals surface area contributed by atoms with Gasteiger partial charge in [-0.25, -0.2) is 0 Å². The van der Waals surface area contributed by atoms with Gasteiger partial charge in [-0.2, -0.15) is 0 Å². The van der Waals surface area contributed by atoms with Crippen molar-refractivity contribution in [3.8, 4) is 5.75 Å². The van der Waals surface area contributed by atoms with E-state index >= 15 is 0 Å². The Morgan fingerprint density at radius 1 is 1.18 bits per heavy atom. The number of rotatable bonds is 2. The molecule has 5 heteroatoms. The van der Waals surface area contributed by atoms with Crippen LogP contribution in [0.4, 0.5) is 0 Å². The molecule has 0 saturated carbocycles. The minimum atomic E-state index is 0.192. The molecule has 2 aromatic rings. The third kappa shape index (κ3) is 2.98. The normalized spacial score (nSPS) is 11.2. The lowest BCUT2D eigenvalue weighted by molar-refractivity contribution is 0.408. The topological polar surface area (TPSA) is 46.3 Å². The molecule has 0 saturated heterocycles. The summed E-state index contributed by atoms with van der Waals surface area (Å²) in [5, 5.41) is 13.4. The number of benzene rings is 1. The van der Waals surface area contributed by atoms with Crippen molar-refractivity contribution in [3.63, 3.8) is 0 Å². The molecule has 1 aromatic carbocycles. The van der Waals surface area contributed by atoms with Gasteiger partial charge >= 0.3 is 0 Å². The second kappa shape index (κ2) is 5.06. The van der Waals surface area contributed by atoms with Crippen LogP contribution >= 0.6 is 31.9 Å². The Bertz CT molecular complexity index is 553. The molecule has 2 rings (SSSR count). The molecule has 1 N–H and O–H groups in total. The van der Waals surface area contributed by atoms with E-state index in [0.29, 0.717) is 14.7 Å². The maximum Gasteiger partial charge on any atom is 0.159 e. The van der Waals surface area contributed by atoms with Crippen molar-refractivity contribution >= 4 is 44.0 Å². The number of halogens is 2. The highest BCUT2D eigenvalue weighted by atomic mass is 79.9. The predicted octanol–water partition coefficient (Wildman–Crippen LogP) is 4.38. The number of hydrogen-bond acceptors (Lipinski definition) is 3. The van der Waals surface area contributed by atoms with E-state index < -0.39 is 0 Å². The maximum atomic E-state index is 9.57. The summed E-state index contributed by atoms with van der Waals surface area (Å²) in [7, 11) is 0. The minimum absolute atomic E-state index is 0.192. The SMILES string of the molecule is Cc1cc(/C=C/c2cc(Br)c(O)c(Br)c2)on1. The second-order valence-corrected chi connectivity index (χ2v) is 5.25. The smallest absolute Gasteiger partial charge is 0.159 e. The van der Waals surface area contributed by atoms with Gasteiger partial charge in [-0.15, -0.1) is 0 Å². The Kier molecular flexibility index (Phi) is 3.69. The van der Waals surface area contributed by atoms with E-state index in [-0.39, 0.29) is 5.75 Å². The first kappa shape index (κ1) is 12.4. The summed E-state index contributed by atoms with van der Waals surface area (Å²) < 4.78 is 6.34. The van der Waals surface area contributed by atoms with Crippen LogP contribution in [0.3, 0.4) is 0 Å². The fraction of sp³-hybridized carbons (Fsp3) is 0.0833. The predicted molar refractivity (Wildman–Crippen MR) is 73.7 cm³/mol. The maximum absolute atomic E-state index is 9.57. The first-order chi connectivity index (χ1) is 8.06.